The van der Waals surface area contributed by atoms with E-state index in [-0.39, 0.29) is 5.91 Å². The van der Waals surface area contributed by atoms with E-state index >= 15 is 0 Å². The summed E-state index contributed by atoms with van der Waals surface area (Å²) in [6.07, 6.45) is 0. The van der Waals surface area contributed by atoms with Crippen LogP contribution in [-0.2, 0) is 7.05 Å². The summed E-state index contributed by atoms with van der Waals surface area (Å²) in [7, 11) is 1.72. The van der Waals surface area contributed by atoms with E-state index in [0.717, 1.165) is 5.56 Å². The number of rotatable bonds is 2. The average molecular weight is 279 g/mol. The van der Waals surface area contributed by atoms with Crippen molar-refractivity contribution in [2.24, 2.45) is 7.05 Å². The Morgan fingerprint density at radius 1 is 1.42 bits per heavy atom. The fraction of sp³-hybridized carbons (Fsp3) is 0.231. The average Bonchev–Trinajstić information content (AvgIpc) is 2.56. The van der Waals surface area contributed by atoms with Crippen molar-refractivity contribution in [2.45, 2.75) is 13.8 Å². The van der Waals surface area contributed by atoms with Gasteiger partial charge in [0.25, 0.3) is 5.91 Å². The number of aromatic nitrogens is 2. The van der Waals surface area contributed by atoms with E-state index in [0.29, 0.717) is 27.8 Å². The summed E-state index contributed by atoms with van der Waals surface area (Å²) in [4.78, 5) is 12.2. The molecule has 0 aliphatic carbocycles. The maximum absolute atomic E-state index is 12.2. The summed E-state index contributed by atoms with van der Waals surface area (Å²) >= 11 is 6.06. The number of aryl methyl sites for hydroxylation is 3. The number of hydrogen-bond donors (Lipinski definition) is 2. The van der Waals surface area contributed by atoms with Gasteiger partial charge < -0.3 is 11.1 Å². The summed E-state index contributed by atoms with van der Waals surface area (Å²) in [5, 5.41) is 7.28. The lowest BCUT2D eigenvalue weighted by Gasteiger charge is -2.08. The van der Waals surface area contributed by atoms with E-state index < -0.39 is 0 Å². The topological polar surface area (TPSA) is 72.9 Å². The maximum atomic E-state index is 12.2. The molecule has 0 unspecified atom stereocenters. The van der Waals surface area contributed by atoms with Gasteiger partial charge >= 0.3 is 0 Å². The van der Waals surface area contributed by atoms with Gasteiger partial charge in [-0.3, -0.25) is 9.48 Å². The smallest absolute Gasteiger partial charge is 0.258 e. The minimum Gasteiger partial charge on any atom is -0.394 e. The number of hydrogen-bond acceptors (Lipinski definition) is 3. The van der Waals surface area contributed by atoms with Gasteiger partial charge in [0.05, 0.1) is 22.0 Å². The number of carbonyl (C=O) groups excluding carboxylic acids is 1. The quantitative estimate of drug-likeness (QED) is 0.886. The molecule has 0 aliphatic heterocycles. The van der Waals surface area contributed by atoms with Gasteiger partial charge in [0.2, 0.25) is 0 Å². The van der Waals surface area contributed by atoms with Gasteiger partial charge in [-0.25, -0.2) is 0 Å². The van der Waals surface area contributed by atoms with Crippen molar-refractivity contribution < 1.29 is 4.79 Å². The SMILES string of the molecule is Cc1ccc(C(=O)Nc2c(N)c(C)nn2C)c(Cl)c1. The molecular formula is C13H15ClN4O. The molecule has 5 nitrogen and oxygen atoms in total. The second kappa shape index (κ2) is 4.93. The standard InChI is InChI=1S/C13H15ClN4O/c1-7-4-5-9(10(14)6-7)13(19)16-12-11(15)8(2)17-18(12)3/h4-6H,15H2,1-3H3,(H,16,19). The molecule has 0 saturated heterocycles. The second-order valence-corrected chi connectivity index (χ2v) is 4.82. The summed E-state index contributed by atoms with van der Waals surface area (Å²) in [6.45, 7) is 3.69. The second-order valence-electron chi connectivity index (χ2n) is 4.41. The van der Waals surface area contributed by atoms with E-state index in [9.17, 15) is 4.79 Å². The van der Waals surface area contributed by atoms with Crippen molar-refractivity contribution >= 4 is 29.0 Å². The van der Waals surface area contributed by atoms with Gasteiger partial charge in [-0.1, -0.05) is 17.7 Å². The lowest BCUT2D eigenvalue weighted by atomic mass is 10.1. The molecule has 0 saturated carbocycles. The Bertz CT molecular complexity index is 648. The van der Waals surface area contributed by atoms with Crippen LogP contribution in [0.2, 0.25) is 5.02 Å². The number of amides is 1. The van der Waals surface area contributed by atoms with Gasteiger partial charge in [-0.05, 0) is 31.5 Å². The van der Waals surface area contributed by atoms with Crippen LogP contribution in [0.15, 0.2) is 18.2 Å². The van der Waals surface area contributed by atoms with E-state index in [1.165, 1.54) is 4.68 Å². The first-order valence-electron chi connectivity index (χ1n) is 5.76. The Labute approximate surface area is 116 Å². The molecule has 2 rings (SSSR count). The normalized spacial score (nSPS) is 10.5. The number of nitrogens with one attached hydrogen (secondary N) is 1. The number of halogens is 1. The van der Waals surface area contributed by atoms with Crippen LogP contribution in [0.3, 0.4) is 0 Å². The Kier molecular flexibility index (Phi) is 3.48. The molecule has 0 radical (unpaired) electrons. The number of carbonyl (C=O) groups is 1. The fourth-order valence-electron chi connectivity index (χ4n) is 1.80. The first-order chi connectivity index (χ1) is 8.90. The predicted octanol–water partition coefficient (Wildman–Crippen LogP) is 2.52. The van der Waals surface area contributed by atoms with Gasteiger partial charge in [0.1, 0.15) is 0 Å². The van der Waals surface area contributed by atoms with Crippen LogP contribution in [-0.4, -0.2) is 15.7 Å². The number of benzene rings is 1. The molecule has 0 atom stereocenters. The lowest BCUT2D eigenvalue weighted by molar-refractivity contribution is 0.102. The number of nitrogen functional groups attached to an aromatic ring is 1. The highest BCUT2D eigenvalue weighted by Gasteiger charge is 2.16. The highest BCUT2D eigenvalue weighted by atomic mass is 35.5. The van der Waals surface area contributed by atoms with Gasteiger partial charge in [0.15, 0.2) is 5.82 Å². The van der Waals surface area contributed by atoms with E-state index in [2.05, 4.69) is 10.4 Å². The minimum absolute atomic E-state index is 0.306. The molecule has 100 valence electrons. The lowest BCUT2D eigenvalue weighted by Crippen LogP contribution is -2.16. The Balaban J connectivity index is 2.31. The van der Waals surface area contributed by atoms with Gasteiger partial charge in [0, 0.05) is 7.05 Å². The molecule has 1 aromatic heterocycles. The van der Waals surface area contributed by atoms with Crippen LogP contribution >= 0.6 is 11.6 Å². The zero-order valence-electron chi connectivity index (χ0n) is 11.0. The number of nitrogens with zero attached hydrogens (tertiary/aromatic N) is 2. The Morgan fingerprint density at radius 2 is 2.11 bits per heavy atom. The third-order valence-corrected chi connectivity index (χ3v) is 3.18. The number of nitrogens with two attached hydrogens (primary N) is 1. The van der Waals surface area contributed by atoms with Crippen molar-refractivity contribution in [3.05, 3.63) is 40.0 Å². The van der Waals surface area contributed by atoms with Crippen LogP contribution in [0.1, 0.15) is 21.6 Å². The van der Waals surface area contributed by atoms with E-state index in [1.54, 1.807) is 26.1 Å². The highest BCUT2D eigenvalue weighted by Crippen LogP contribution is 2.23. The molecule has 1 heterocycles. The summed E-state index contributed by atoms with van der Waals surface area (Å²) in [5.41, 5.74) is 8.40. The van der Waals surface area contributed by atoms with E-state index in [4.69, 9.17) is 17.3 Å². The summed E-state index contributed by atoms with van der Waals surface area (Å²) < 4.78 is 1.53. The van der Waals surface area contributed by atoms with Gasteiger partial charge in [-0.15, -0.1) is 0 Å². The van der Waals surface area contributed by atoms with Crippen LogP contribution in [0.5, 0.6) is 0 Å². The molecule has 1 amide bonds. The molecule has 0 fully saturated rings. The minimum atomic E-state index is -0.306. The molecule has 0 spiro atoms. The first kappa shape index (κ1) is 13.4. The van der Waals surface area contributed by atoms with Crippen molar-refractivity contribution in [1.82, 2.24) is 9.78 Å². The molecule has 0 bridgehead atoms. The molecule has 1 aromatic carbocycles. The maximum Gasteiger partial charge on any atom is 0.258 e. The fourth-order valence-corrected chi connectivity index (χ4v) is 2.12. The third kappa shape index (κ3) is 2.56. The van der Waals surface area contributed by atoms with Crippen molar-refractivity contribution in [1.29, 1.82) is 0 Å². The van der Waals surface area contributed by atoms with Crippen molar-refractivity contribution in [3.8, 4) is 0 Å². The molecule has 6 heteroatoms. The van der Waals surface area contributed by atoms with E-state index in [1.807, 2.05) is 13.0 Å². The molecular weight excluding hydrogens is 264 g/mol. The van der Waals surface area contributed by atoms with Crippen molar-refractivity contribution in [2.75, 3.05) is 11.1 Å². The molecule has 0 aliphatic rings. The largest absolute Gasteiger partial charge is 0.394 e. The van der Waals surface area contributed by atoms with Crippen molar-refractivity contribution in [3.63, 3.8) is 0 Å². The zero-order chi connectivity index (χ0) is 14.2. The summed E-state index contributed by atoms with van der Waals surface area (Å²) in [5.74, 6) is 0.166. The molecule has 19 heavy (non-hydrogen) atoms. The predicted molar refractivity (Wildman–Crippen MR) is 76.5 cm³/mol. The number of anilines is 2. The molecule has 2 aromatic rings. The van der Waals surface area contributed by atoms with Crippen LogP contribution in [0.25, 0.3) is 0 Å². The summed E-state index contributed by atoms with van der Waals surface area (Å²) in [6, 6.07) is 5.26. The highest BCUT2D eigenvalue weighted by molar-refractivity contribution is 6.34. The third-order valence-electron chi connectivity index (χ3n) is 2.87. The van der Waals surface area contributed by atoms with Gasteiger partial charge in [-0.2, -0.15) is 5.10 Å². The molecule has 3 N–H and O–H groups in total. The Morgan fingerprint density at radius 3 is 2.63 bits per heavy atom. The van der Waals surface area contributed by atoms with Crippen LogP contribution in [0, 0.1) is 13.8 Å². The zero-order valence-corrected chi connectivity index (χ0v) is 11.7. The Hall–Kier alpha value is -2.01. The first-order valence-corrected chi connectivity index (χ1v) is 6.14. The van der Waals surface area contributed by atoms with Crippen LogP contribution in [0.4, 0.5) is 11.5 Å². The monoisotopic (exact) mass is 278 g/mol. The van der Waals surface area contributed by atoms with Crippen LogP contribution < -0.4 is 11.1 Å².